The van der Waals surface area contributed by atoms with E-state index in [1.807, 2.05) is 12.1 Å². The van der Waals surface area contributed by atoms with E-state index in [1.165, 1.54) is 6.92 Å². The molecular formula is C15H18N2O4. The van der Waals surface area contributed by atoms with Crippen LogP contribution in [0.4, 0.5) is 4.79 Å². The predicted molar refractivity (Wildman–Crippen MR) is 76.7 cm³/mol. The van der Waals surface area contributed by atoms with Gasteiger partial charge in [-0.1, -0.05) is 12.1 Å². The molecule has 1 heterocycles. The van der Waals surface area contributed by atoms with Crippen molar-refractivity contribution in [3.05, 3.63) is 41.3 Å². The van der Waals surface area contributed by atoms with Crippen molar-refractivity contribution in [1.82, 2.24) is 10.6 Å². The van der Waals surface area contributed by atoms with Crippen molar-refractivity contribution >= 4 is 11.8 Å². The largest absolute Gasteiger partial charge is 0.497 e. The first-order valence-corrected chi connectivity index (χ1v) is 6.66. The lowest BCUT2D eigenvalue weighted by atomic mass is 9.95. The van der Waals surface area contributed by atoms with Gasteiger partial charge in [-0.2, -0.15) is 0 Å². The van der Waals surface area contributed by atoms with Crippen LogP contribution in [0.25, 0.3) is 0 Å². The van der Waals surface area contributed by atoms with Gasteiger partial charge in [0.15, 0.2) is 5.78 Å². The van der Waals surface area contributed by atoms with Crippen LogP contribution in [0.1, 0.15) is 25.5 Å². The van der Waals surface area contributed by atoms with E-state index in [2.05, 4.69) is 10.6 Å². The number of methoxy groups -OCH3 is 1. The second kappa shape index (κ2) is 6.30. The molecule has 1 aromatic carbocycles. The van der Waals surface area contributed by atoms with Crippen molar-refractivity contribution in [3.63, 3.8) is 0 Å². The number of hydrogen-bond donors (Lipinski definition) is 2. The highest BCUT2D eigenvalue weighted by molar-refractivity contribution is 5.98. The number of carbonyl (C=O) groups excluding carboxylic acids is 2. The zero-order chi connectivity index (χ0) is 15.4. The number of hydrogen-bond acceptors (Lipinski definition) is 4. The normalized spacial score (nSPS) is 17.9. The molecule has 1 aliphatic heterocycles. The predicted octanol–water partition coefficient (Wildman–Crippen LogP) is 1.89. The molecule has 1 aliphatic rings. The van der Waals surface area contributed by atoms with Crippen molar-refractivity contribution in [3.8, 4) is 5.75 Å². The monoisotopic (exact) mass is 290 g/mol. The maximum absolute atomic E-state index is 11.9. The van der Waals surface area contributed by atoms with Crippen LogP contribution in [0, 0.1) is 0 Å². The van der Waals surface area contributed by atoms with E-state index in [9.17, 15) is 9.59 Å². The van der Waals surface area contributed by atoms with Gasteiger partial charge in [0.05, 0.1) is 25.3 Å². The fraction of sp³-hybridized carbons (Fsp3) is 0.333. The lowest BCUT2D eigenvalue weighted by Gasteiger charge is -2.28. The Kier molecular flexibility index (Phi) is 4.47. The molecule has 0 saturated heterocycles. The summed E-state index contributed by atoms with van der Waals surface area (Å²) in [6.45, 7) is 3.60. The number of ether oxygens (including phenoxy) is 2. The van der Waals surface area contributed by atoms with Crippen LogP contribution in [0.15, 0.2) is 35.7 Å². The minimum Gasteiger partial charge on any atom is -0.497 e. The highest BCUT2D eigenvalue weighted by Crippen LogP contribution is 2.28. The smallest absolute Gasteiger partial charge is 0.322 e. The van der Waals surface area contributed by atoms with E-state index in [1.54, 1.807) is 26.2 Å². The van der Waals surface area contributed by atoms with Gasteiger partial charge in [-0.05, 0) is 31.5 Å². The molecular weight excluding hydrogens is 272 g/mol. The van der Waals surface area contributed by atoms with Crippen LogP contribution >= 0.6 is 0 Å². The summed E-state index contributed by atoms with van der Waals surface area (Å²) in [5, 5.41) is 5.27. The Balaban J connectivity index is 2.44. The Morgan fingerprint density at radius 3 is 2.48 bits per heavy atom. The van der Waals surface area contributed by atoms with Gasteiger partial charge in [-0.15, -0.1) is 0 Å². The number of urea groups is 1. The third-order valence-electron chi connectivity index (χ3n) is 3.15. The Morgan fingerprint density at radius 1 is 1.29 bits per heavy atom. The van der Waals surface area contributed by atoms with Gasteiger partial charge in [0.2, 0.25) is 5.88 Å². The number of rotatable bonds is 5. The molecule has 1 unspecified atom stereocenters. The summed E-state index contributed by atoms with van der Waals surface area (Å²) in [7, 11) is 1.58. The summed E-state index contributed by atoms with van der Waals surface area (Å²) in [5.41, 5.74) is 1.19. The molecule has 0 aliphatic carbocycles. The van der Waals surface area contributed by atoms with Crippen molar-refractivity contribution in [2.24, 2.45) is 0 Å². The molecule has 0 spiro atoms. The van der Waals surface area contributed by atoms with E-state index in [0.717, 1.165) is 5.56 Å². The third-order valence-corrected chi connectivity index (χ3v) is 3.15. The van der Waals surface area contributed by atoms with Crippen LogP contribution in [-0.2, 0) is 9.53 Å². The molecule has 112 valence electrons. The molecule has 0 fully saturated rings. The van der Waals surface area contributed by atoms with E-state index in [4.69, 9.17) is 9.47 Å². The molecule has 1 aromatic rings. The van der Waals surface area contributed by atoms with Crippen molar-refractivity contribution in [1.29, 1.82) is 0 Å². The average molecular weight is 290 g/mol. The number of amides is 2. The van der Waals surface area contributed by atoms with Crippen LogP contribution in [0.5, 0.6) is 5.75 Å². The zero-order valence-electron chi connectivity index (χ0n) is 12.2. The zero-order valence-corrected chi connectivity index (χ0v) is 12.2. The fourth-order valence-electron chi connectivity index (χ4n) is 2.21. The van der Waals surface area contributed by atoms with E-state index < -0.39 is 12.1 Å². The van der Waals surface area contributed by atoms with Gasteiger partial charge in [0.1, 0.15) is 5.75 Å². The molecule has 2 N–H and O–H groups in total. The summed E-state index contributed by atoms with van der Waals surface area (Å²) in [6.07, 6.45) is 0. The minimum atomic E-state index is -0.538. The van der Waals surface area contributed by atoms with Crippen molar-refractivity contribution in [2.45, 2.75) is 19.9 Å². The SMILES string of the molecule is CCOC1=C(C(C)=O)C(c2ccc(OC)cc2)NC(=O)N1. The molecule has 6 nitrogen and oxygen atoms in total. The quantitative estimate of drug-likeness (QED) is 0.868. The van der Waals surface area contributed by atoms with E-state index >= 15 is 0 Å². The second-order valence-electron chi connectivity index (χ2n) is 4.54. The first kappa shape index (κ1) is 14.9. The highest BCUT2D eigenvalue weighted by Gasteiger charge is 2.32. The Morgan fingerprint density at radius 2 is 1.95 bits per heavy atom. The molecule has 0 aromatic heterocycles. The molecule has 2 amide bonds. The molecule has 2 rings (SSSR count). The van der Waals surface area contributed by atoms with Crippen molar-refractivity contribution < 1.29 is 19.1 Å². The third kappa shape index (κ3) is 3.16. The Hall–Kier alpha value is -2.50. The van der Waals surface area contributed by atoms with Crippen molar-refractivity contribution in [2.75, 3.05) is 13.7 Å². The number of Topliss-reactive ketones (excluding diaryl/α,β-unsaturated/α-hetero) is 1. The van der Waals surface area contributed by atoms with Gasteiger partial charge >= 0.3 is 6.03 Å². The maximum atomic E-state index is 11.9. The molecule has 21 heavy (non-hydrogen) atoms. The van der Waals surface area contributed by atoms with Gasteiger partial charge in [0.25, 0.3) is 0 Å². The number of ketones is 1. The molecule has 6 heteroatoms. The standard InChI is InChI=1S/C15H18N2O4/c1-4-21-14-12(9(2)18)13(16-15(19)17-14)10-5-7-11(20-3)8-6-10/h5-8,13H,4H2,1-3H3,(H2,16,17,19). The summed E-state index contributed by atoms with van der Waals surface area (Å²) in [6, 6.07) is 6.24. The van der Waals surface area contributed by atoms with Crippen LogP contribution in [-0.4, -0.2) is 25.5 Å². The first-order chi connectivity index (χ1) is 10.1. The van der Waals surface area contributed by atoms with E-state index in [0.29, 0.717) is 17.9 Å². The number of carbonyl (C=O) groups is 2. The average Bonchev–Trinajstić information content (AvgIpc) is 2.46. The maximum Gasteiger partial charge on any atom is 0.322 e. The summed E-state index contributed by atoms with van der Waals surface area (Å²) >= 11 is 0. The minimum absolute atomic E-state index is 0.160. The molecule has 0 radical (unpaired) electrons. The topological polar surface area (TPSA) is 76.7 Å². The summed E-state index contributed by atoms with van der Waals surface area (Å²) in [5.74, 6) is 0.763. The van der Waals surface area contributed by atoms with E-state index in [-0.39, 0.29) is 11.7 Å². The number of nitrogens with one attached hydrogen (secondary N) is 2. The van der Waals surface area contributed by atoms with Gasteiger partial charge < -0.3 is 14.8 Å². The molecule has 1 atom stereocenters. The van der Waals surface area contributed by atoms with Crippen LogP contribution in [0.3, 0.4) is 0 Å². The second-order valence-corrected chi connectivity index (χ2v) is 4.54. The lowest BCUT2D eigenvalue weighted by Crippen LogP contribution is -2.46. The highest BCUT2D eigenvalue weighted by atomic mass is 16.5. The summed E-state index contributed by atoms with van der Waals surface area (Å²) in [4.78, 5) is 23.7. The Bertz CT molecular complexity index is 578. The van der Waals surface area contributed by atoms with Gasteiger partial charge in [-0.25, -0.2) is 4.79 Å². The van der Waals surface area contributed by atoms with Gasteiger partial charge in [-0.3, -0.25) is 10.1 Å². The molecule has 0 saturated carbocycles. The molecule has 0 bridgehead atoms. The first-order valence-electron chi connectivity index (χ1n) is 6.66. The fourth-order valence-corrected chi connectivity index (χ4v) is 2.21. The lowest BCUT2D eigenvalue weighted by molar-refractivity contribution is -0.114. The van der Waals surface area contributed by atoms with Gasteiger partial charge in [0, 0.05) is 0 Å². The summed E-state index contributed by atoms with van der Waals surface area (Å²) < 4.78 is 10.5. The van der Waals surface area contributed by atoms with Crippen LogP contribution < -0.4 is 15.4 Å². The van der Waals surface area contributed by atoms with Crippen LogP contribution in [0.2, 0.25) is 0 Å². The number of benzene rings is 1. The Labute approximate surface area is 123 Å².